The summed E-state index contributed by atoms with van der Waals surface area (Å²) in [4.78, 5) is 8.33. The highest BCUT2D eigenvalue weighted by Gasteiger charge is 2.13. The van der Waals surface area contributed by atoms with Gasteiger partial charge < -0.3 is 5.73 Å². The Morgan fingerprint density at radius 3 is 2.73 bits per heavy atom. The van der Waals surface area contributed by atoms with Crippen LogP contribution in [0.5, 0.6) is 0 Å². The summed E-state index contributed by atoms with van der Waals surface area (Å²) in [5, 5.41) is 4.08. The zero-order valence-electron chi connectivity index (χ0n) is 8.75. The van der Waals surface area contributed by atoms with Crippen LogP contribution in [0.4, 0.5) is 0 Å². The van der Waals surface area contributed by atoms with E-state index in [9.17, 15) is 0 Å². The van der Waals surface area contributed by atoms with E-state index in [0.717, 1.165) is 17.2 Å². The molecule has 1 atom stereocenters. The molecule has 2 N–H and O–H groups in total. The Hall–Kier alpha value is -1.75. The number of aromatic nitrogens is 4. The summed E-state index contributed by atoms with van der Waals surface area (Å²) in [5.74, 6) is 0.727. The zero-order valence-corrected chi connectivity index (χ0v) is 8.75. The quantitative estimate of drug-likeness (QED) is 0.774. The molecule has 2 rings (SSSR count). The van der Waals surface area contributed by atoms with Crippen LogP contribution in [0, 0.1) is 6.92 Å². The summed E-state index contributed by atoms with van der Waals surface area (Å²) in [5.41, 5.74) is 7.83. The van der Waals surface area contributed by atoms with Gasteiger partial charge in [0.15, 0.2) is 0 Å². The van der Waals surface area contributed by atoms with Crippen molar-refractivity contribution in [3.63, 3.8) is 0 Å². The SMILES string of the molecule is Cc1nccc(C(N)c2ccnn2C)n1. The van der Waals surface area contributed by atoms with Gasteiger partial charge in [-0.3, -0.25) is 4.68 Å². The topological polar surface area (TPSA) is 69.6 Å². The van der Waals surface area contributed by atoms with Crippen LogP contribution in [-0.4, -0.2) is 19.7 Å². The lowest BCUT2D eigenvalue weighted by molar-refractivity contribution is 0.661. The Labute approximate surface area is 88.0 Å². The molecule has 0 aromatic carbocycles. The molecule has 0 bridgehead atoms. The van der Waals surface area contributed by atoms with E-state index in [1.165, 1.54) is 0 Å². The molecule has 78 valence electrons. The van der Waals surface area contributed by atoms with Crippen LogP contribution >= 0.6 is 0 Å². The standard InChI is InChI=1S/C10H13N5/c1-7-12-5-3-8(14-7)10(11)9-4-6-13-15(9)2/h3-6,10H,11H2,1-2H3. The summed E-state index contributed by atoms with van der Waals surface area (Å²) < 4.78 is 1.75. The largest absolute Gasteiger partial charge is 0.318 e. The lowest BCUT2D eigenvalue weighted by atomic mass is 10.1. The Bertz CT molecular complexity index is 462. The van der Waals surface area contributed by atoms with Crippen molar-refractivity contribution in [1.29, 1.82) is 0 Å². The van der Waals surface area contributed by atoms with E-state index in [4.69, 9.17) is 5.73 Å². The Morgan fingerprint density at radius 2 is 2.13 bits per heavy atom. The molecule has 0 aliphatic heterocycles. The maximum Gasteiger partial charge on any atom is 0.125 e. The second-order valence-electron chi connectivity index (χ2n) is 3.39. The van der Waals surface area contributed by atoms with Gasteiger partial charge in [0.1, 0.15) is 5.82 Å². The minimum Gasteiger partial charge on any atom is -0.318 e. The lowest BCUT2D eigenvalue weighted by Gasteiger charge is -2.11. The molecule has 2 aromatic heterocycles. The molecule has 0 aliphatic carbocycles. The van der Waals surface area contributed by atoms with Crippen LogP contribution in [0.3, 0.4) is 0 Å². The first-order chi connectivity index (χ1) is 7.18. The molecule has 0 saturated heterocycles. The van der Waals surface area contributed by atoms with Gasteiger partial charge in [-0.2, -0.15) is 5.10 Å². The Morgan fingerprint density at radius 1 is 1.33 bits per heavy atom. The van der Waals surface area contributed by atoms with E-state index < -0.39 is 0 Å². The molecule has 5 nitrogen and oxygen atoms in total. The summed E-state index contributed by atoms with van der Waals surface area (Å²) in [7, 11) is 1.86. The molecule has 2 heterocycles. The van der Waals surface area contributed by atoms with Crippen molar-refractivity contribution < 1.29 is 0 Å². The van der Waals surface area contributed by atoms with E-state index in [1.807, 2.05) is 26.1 Å². The predicted molar refractivity (Wildman–Crippen MR) is 56.0 cm³/mol. The second kappa shape index (κ2) is 3.78. The highest BCUT2D eigenvalue weighted by Crippen LogP contribution is 2.15. The van der Waals surface area contributed by atoms with Crippen molar-refractivity contribution in [3.05, 3.63) is 41.7 Å². The smallest absolute Gasteiger partial charge is 0.125 e. The molecule has 1 unspecified atom stereocenters. The van der Waals surface area contributed by atoms with E-state index in [1.54, 1.807) is 17.1 Å². The van der Waals surface area contributed by atoms with E-state index in [2.05, 4.69) is 15.1 Å². The third-order valence-electron chi connectivity index (χ3n) is 2.29. The maximum atomic E-state index is 6.08. The van der Waals surface area contributed by atoms with Crippen molar-refractivity contribution >= 4 is 0 Å². The predicted octanol–water partition coefficient (Wildman–Crippen LogP) is 0.567. The van der Waals surface area contributed by atoms with E-state index in [0.29, 0.717) is 0 Å². The van der Waals surface area contributed by atoms with Crippen LogP contribution in [0.25, 0.3) is 0 Å². The average molecular weight is 203 g/mol. The van der Waals surface area contributed by atoms with Gasteiger partial charge in [0.2, 0.25) is 0 Å². The Balaban J connectivity index is 2.36. The number of nitrogens with two attached hydrogens (primary N) is 1. The maximum absolute atomic E-state index is 6.08. The van der Waals surface area contributed by atoms with Crippen LogP contribution < -0.4 is 5.73 Å². The van der Waals surface area contributed by atoms with E-state index >= 15 is 0 Å². The third-order valence-corrected chi connectivity index (χ3v) is 2.29. The monoisotopic (exact) mass is 203 g/mol. The van der Waals surface area contributed by atoms with Crippen molar-refractivity contribution in [2.75, 3.05) is 0 Å². The highest BCUT2D eigenvalue weighted by molar-refractivity contribution is 5.19. The number of rotatable bonds is 2. The molecule has 5 heteroatoms. The van der Waals surface area contributed by atoms with Gasteiger partial charge in [-0.15, -0.1) is 0 Å². The highest BCUT2D eigenvalue weighted by atomic mass is 15.3. The van der Waals surface area contributed by atoms with Gasteiger partial charge in [-0.1, -0.05) is 0 Å². The summed E-state index contributed by atoms with van der Waals surface area (Å²) in [6.07, 6.45) is 3.44. The first-order valence-electron chi connectivity index (χ1n) is 4.71. The molecule has 0 amide bonds. The molecule has 0 radical (unpaired) electrons. The number of hydrogen-bond acceptors (Lipinski definition) is 4. The van der Waals surface area contributed by atoms with Gasteiger partial charge >= 0.3 is 0 Å². The third kappa shape index (κ3) is 1.87. The molecular weight excluding hydrogens is 190 g/mol. The molecule has 2 aromatic rings. The fourth-order valence-electron chi connectivity index (χ4n) is 1.49. The van der Waals surface area contributed by atoms with Crippen LogP contribution in [0.2, 0.25) is 0 Å². The zero-order chi connectivity index (χ0) is 10.8. The number of aryl methyl sites for hydroxylation is 2. The minimum absolute atomic E-state index is 0.251. The number of nitrogens with zero attached hydrogens (tertiary/aromatic N) is 4. The van der Waals surface area contributed by atoms with Gasteiger partial charge in [-0.05, 0) is 19.1 Å². The summed E-state index contributed by atoms with van der Waals surface area (Å²) in [6.45, 7) is 1.85. The van der Waals surface area contributed by atoms with Gasteiger partial charge in [-0.25, -0.2) is 9.97 Å². The van der Waals surface area contributed by atoms with Crippen molar-refractivity contribution in [2.24, 2.45) is 12.8 Å². The first-order valence-corrected chi connectivity index (χ1v) is 4.71. The normalized spacial score (nSPS) is 12.7. The molecule has 0 spiro atoms. The lowest BCUT2D eigenvalue weighted by Crippen LogP contribution is -2.17. The van der Waals surface area contributed by atoms with Crippen LogP contribution in [0.15, 0.2) is 24.5 Å². The summed E-state index contributed by atoms with van der Waals surface area (Å²) >= 11 is 0. The van der Waals surface area contributed by atoms with Crippen molar-refractivity contribution in [1.82, 2.24) is 19.7 Å². The minimum atomic E-state index is -0.251. The van der Waals surface area contributed by atoms with E-state index in [-0.39, 0.29) is 6.04 Å². The second-order valence-corrected chi connectivity index (χ2v) is 3.39. The molecule has 15 heavy (non-hydrogen) atoms. The van der Waals surface area contributed by atoms with Crippen LogP contribution in [0.1, 0.15) is 23.3 Å². The average Bonchev–Trinajstić information content (AvgIpc) is 2.63. The molecule has 0 aliphatic rings. The van der Waals surface area contributed by atoms with Gasteiger partial charge in [0.25, 0.3) is 0 Å². The van der Waals surface area contributed by atoms with Crippen molar-refractivity contribution in [3.8, 4) is 0 Å². The van der Waals surface area contributed by atoms with Gasteiger partial charge in [0, 0.05) is 19.4 Å². The van der Waals surface area contributed by atoms with Crippen LogP contribution in [-0.2, 0) is 7.05 Å². The molecule has 0 saturated carbocycles. The fourth-order valence-corrected chi connectivity index (χ4v) is 1.49. The Kier molecular flexibility index (Phi) is 2.47. The summed E-state index contributed by atoms with van der Waals surface area (Å²) in [6, 6.07) is 3.46. The van der Waals surface area contributed by atoms with Gasteiger partial charge in [0.05, 0.1) is 17.4 Å². The first kappa shape index (κ1) is 9.79. The molecular formula is C10H13N5. The van der Waals surface area contributed by atoms with Crippen molar-refractivity contribution in [2.45, 2.75) is 13.0 Å². The fraction of sp³-hybridized carbons (Fsp3) is 0.300. The molecule has 0 fully saturated rings. The number of hydrogen-bond donors (Lipinski definition) is 1.